The molecule has 0 radical (unpaired) electrons. The molecular weight excluding hydrogens is 308 g/mol. The number of benzene rings is 1. The molecule has 1 aromatic heterocycles. The van der Waals surface area contributed by atoms with E-state index in [1.807, 2.05) is 30.5 Å². The Labute approximate surface area is 142 Å². The normalized spacial score (nSPS) is 11.3. The van der Waals surface area contributed by atoms with Crippen LogP contribution in [0.1, 0.15) is 19.8 Å². The predicted molar refractivity (Wildman–Crippen MR) is 96.4 cm³/mol. The highest BCUT2D eigenvalue weighted by Gasteiger charge is 2.08. The topological polar surface area (TPSA) is 123 Å². The molecule has 1 atom stereocenters. The van der Waals surface area contributed by atoms with Crippen molar-refractivity contribution in [2.24, 2.45) is 11.5 Å². The maximum absolute atomic E-state index is 9.24. The fourth-order valence-corrected chi connectivity index (χ4v) is 2.15. The molecule has 0 aliphatic heterocycles. The lowest BCUT2D eigenvalue weighted by atomic mass is 10.1. The van der Waals surface area contributed by atoms with Crippen LogP contribution in [0.5, 0.6) is 5.75 Å². The van der Waals surface area contributed by atoms with E-state index in [1.165, 1.54) is 0 Å². The lowest BCUT2D eigenvalue weighted by Gasteiger charge is -2.17. The largest absolute Gasteiger partial charge is 0.497 e. The van der Waals surface area contributed by atoms with Gasteiger partial charge in [0.25, 0.3) is 0 Å². The highest BCUT2D eigenvalue weighted by atomic mass is 16.5. The summed E-state index contributed by atoms with van der Waals surface area (Å²) in [5.74, 6) is -0.126. The van der Waals surface area contributed by atoms with Crippen LogP contribution < -0.4 is 21.5 Å². The molecule has 0 saturated heterocycles. The molecule has 1 unspecified atom stereocenters. The quantitative estimate of drug-likeness (QED) is 0.609. The molecule has 0 spiro atoms. The molecule has 7 heteroatoms. The first-order chi connectivity index (χ1) is 11.5. The van der Waals surface area contributed by atoms with Gasteiger partial charge < -0.3 is 26.6 Å². The molecule has 24 heavy (non-hydrogen) atoms. The number of pyridine rings is 1. The third-order valence-corrected chi connectivity index (χ3v) is 3.33. The van der Waals surface area contributed by atoms with Crippen molar-refractivity contribution in [3.63, 3.8) is 0 Å². The summed E-state index contributed by atoms with van der Waals surface area (Å²) in [6, 6.07) is 8.33. The van der Waals surface area contributed by atoms with Gasteiger partial charge in [0.2, 0.25) is 0 Å². The van der Waals surface area contributed by atoms with Crippen LogP contribution in [-0.4, -0.2) is 42.3 Å². The summed E-state index contributed by atoms with van der Waals surface area (Å²) in [5.41, 5.74) is 12.1. The molecule has 2 rings (SSSR count). The second kappa shape index (κ2) is 10.4. The van der Waals surface area contributed by atoms with Gasteiger partial charge in [0.15, 0.2) is 0 Å². The van der Waals surface area contributed by atoms with Gasteiger partial charge in [-0.15, -0.1) is 0 Å². The smallest absolute Gasteiger partial charge is 0.317 e. The average molecular weight is 334 g/mol. The molecule has 0 bridgehead atoms. The summed E-state index contributed by atoms with van der Waals surface area (Å²) in [7, 11) is 1.68. The fourth-order valence-electron chi connectivity index (χ4n) is 2.15. The third kappa shape index (κ3) is 6.39. The van der Waals surface area contributed by atoms with E-state index in [2.05, 4.69) is 23.0 Å². The van der Waals surface area contributed by atoms with Crippen LogP contribution in [-0.2, 0) is 4.79 Å². The van der Waals surface area contributed by atoms with Gasteiger partial charge >= 0.3 is 5.97 Å². The number of hydrogen-bond acceptors (Lipinski definition) is 6. The van der Waals surface area contributed by atoms with Gasteiger partial charge in [-0.3, -0.25) is 9.78 Å². The van der Waals surface area contributed by atoms with Crippen LogP contribution in [0.3, 0.4) is 0 Å². The number of fused-ring (bicyclic) bond motifs is 1. The van der Waals surface area contributed by atoms with Crippen LogP contribution in [0.25, 0.3) is 10.9 Å². The van der Waals surface area contributed by atoms with E-state index >= 15 is 0 Å². The average Bonchev–Trinajstić information content (AvgIpc) is 2.60. The molecule has 1 aromatic carbocycles. The molecule has 1 heterocycles. The zero-order valence-electron chi connectivity index (χ0n) is 14.2. The number of anilines is 1. The number of carboxylic acid groups (broad SMARTS) is 1. The summed E-state index contributed by atoms with van der Waals surface area (Å²) in [4.78, 5) is 13.7. The number of nitrogens with one attached hydrogen (secondary N) is 1. The molecular formula is C17H26N4O3. The van der Waals surface area contributed by atoms with Gasteiger partial charge in [-0.2, -0.15) is 0 Å². The summed E-state index contributed by atoms with van der Waals surface area (Å²) in [5, 5.41) is 12.2. The minimum absolute atomic E-state index is 0.278. The molecule has 0 aliphatic rings. The van der Waals surface area contributed by atoms with Crippen LogP contribution in [0.15, 0.2) is 30.5 Å². The van der Waals surface area contributed by atoms with Gasteiger partial charge in [-0.1, -0.05) is 6.07 Å². The number of methoxy groups -OCH3 is 1. The first-order valence-electron chi connectivity index (χ1n) is 7.83. The maximum Gasteiger partial charge on any atom is 0.317 e. The zero-order valence-corrected chi connectivity index (χ0v) is 14.2. The Morgan fingerprint density at radius 3 is 2.71 bits per heavy atom. The predicted octanol–water partition coefficient (Wildman–Crippen LogP) is 1.81. The summed E-state index contributed by atoms with van der Waals surface area (Å²) in [6.45, 7) is 2.60. The van der Waals surface area contributed by atoms with E-state index < -0.39 is 5.97 Å². The number of ether oxygens (including phenoxy) is 1. The van der Waals surface area contributed by atoms with Crippen molar-refractivity contribution < 1.29 is 14.6 Å². The van der Waals surface area contributed by atoms with Gasteiger partial charge in [-0.25, -0.2) is 0 Å². The summed E-state index contributed by atoms with van der Waals surface area (Å²) >= 11 is 0. The Hall–Kier alpha value is -2.38. The molecule has 0 amide bonds. The molecule has 2 aromatic rings. The lowest BCUT2D eigenvalue weighted by Crippen LogP contribution is -2.17. The number of nitrogens with zero attached hydrogens (tertiary/aromatic N) is 1. The molecule has 0 fully saturated rings. The Morgan fingerprint density at radius 2 is 2.12 bits per heavy atom. The lowest BCUT2D eigenvalue weighted by molar-refractivity contribution is -0.135. The maximum atomic E-state index is 9.24. The minimum atomic E-state index is -0.968. The highest BCUT2D eigenvalue weighted by molar-refractivity contribution is 5.91. The van der Waals surface area contributed by atoms with Gasteiger partial charge in [0, 0.05) is 23.7 Å². The van der Waals surface area contributed by atoms with Crippen molar-refractivity contribution >= 4 is 22.6 Å². The number of aromatic nitrogens is 1. The van der Waals surface area contributed by atoms with Crippen LogP contribution in [0, 0.1) is 0 Å². The van der Waals surface area contributed by atoms with Crippen molar-refractivity contribution in [3.05, 3.63) is 30.5 Å². The van der Waals surface area contributed by atoms with E-state index in [-0.39, 0.29) is 6.54 Å². The Bertz CT molecular complexity index is 649. The van der Waals surface area contributed by atoms with Crippen LogP contribution in [0.2, 0.25) is 0 Å². The van der Waals surface area contributed by atoms with E-state index in [4.69, 9.17) is 15.6 Å². The standard InChI is InChI=1S/C15H21N3O.C2H5NO2/c1-11(5-3-7-16)18-14-10-13(19-2)9-12-6-4-8-17-15(12)14;3-1-2(4)5/h4,6,8-11,18H,3,5,7,16H2,1-2H3;1,3H2,(H,4,5). The van der Waals surface area contributed by atoms with E-state index in [1.54, 1.807) is 7.11 Å². The molecule has 6 N–H and O–H groups in total. The van der Waals surface area contributed by atoms with Crippen molar-refractivity contribution in [3.8, 4) is 5.75 Å². The van der Waals surface area contributed by atoms with Gasteiger partial charge in [0.1, 0.15) is 5.75 Å². The fraction of sp³-hybridized carbons (Fsp3) is 0.412. The number of carbonyl (C=O) groups is 1. The van der Waals surface area contributed by atoms with Crippen LogP contribution in [0.4, 0.5) is 5.69 Å². The number of hydrogen-bond donors (Lipinski definition) is 4. The second-order valence-corrected chi connectivity index (χ2v) is 5.32. The van der Waals surface area contributed by atoms with Crippen LogP contribution >= 0.6 is 0 Å². The Balaban J connectivity index is 0.000000505. The number of aliphatic carboxylic acids is 1. The third-order valence-electron chi connectivity index (χ3n) is 3.33. The van der Waals surface area contributed by atoms with Gasteiger partial charge in [-0.05, 0) is 38.4 Å². The van der Waals surface area contributed by atoms with Crippen molar-refractivity contribution in [2.75, 3.05) is 25.5 Å². The van der Waals surface area contributed by atoms with E-state index in [9.17, 15) is 4.79 Å². The number of rotatable bonds is 7. The van der Waals surface area contributed by atoms with Gasteiger partial charge in [0.05, 0.1) is 24.9 Å². The van der Waals surface area contributed by atoms with Crippen molar-refractivity contribution in [1.82, 2.24) is 4.98 Å². The molecule has 0 aliphatic carbocycles. The SMILES string of the molecule is COc1cc(NC(C)CCCN)c2ncccc2c1.NCC(=O)O. The van der Waals surface area contributed by atoms with Crippen molar-refractivity contribution in [2.45, 2.75) is 25.8 Å². The molecule has 132 valence electrons. The molecule has 0 saturated carbocycles. The Kier molecular flexibility index (Phi) is 8.53. The zero-order chi connectivity index (χ0) is 17.9. The van der Waals surface area contributed by atoms with Crippen molar-refractivity contribution in [1.29, 1.82) is 0 Å². The number of nitrogens with two attached hydrogens (primary N) is 2. The Morgan fingerprint density at radius 1 is 1.42 bits per heavy atom. The van der Waals surface area contributed by atoms with E-state index in [0.717, 1.165) is 41.7 Å². The second-order valence-electron chi connectivity index (χ2n) is 5.32. The first-order valence-corrected chi connectivity index (χ1v) is 7.83. The molecule has 7 nitrogen and oxygen atoms in total. The van der Waals surface area contributed by atoms with E-state index in [0.29, 0.717) is 6.04 Å². The highest BCUT2D eigenvalue weighted by Crippen LogP contribution is 2.28. The first kappa shape index (κ1) is 19.7. The number of carboxylic acids is 1. The monoisotopic (exact) mass is 334 g/mol. The summed E-state index contributed by atoms with van der Waals surface area (Å²) in [6.07, 6.45) is 3.87. The minimum Gasteiger partial charge on any atom is -0.497 e. The summed E-state index contributed by atoms with van der Waals surface area (Å²) < 4.78 is 5.34.